The molecule has 31 heavy (non-hydrogen) atoms. The maximum atomic E-state index is 12.3. The molecule has 1 aromatic heterocycles. The van der Waals surface area contributed by atoms with E-state index in [1.807, 2.05) is 12.1 Å². The van der Waals surface area contributed by atoms with Crippen LogP contribution >= 0.6 is 22.6 Å². The number of anilines is 1. The molecule has 1 aromatic rings. The zero-order valence-corrected chi connectivity index (χ0v) is 21.7. The first-order valence-corrected chi connectivity index (χ1v) is 14.0. The third-order valence-electron chi connectivity index (χ3n) is 6.18. The minimum absolute atomic E-state index is 0.00378. The van der Waals surface area contributed by atoms with Crippen molar-refractivity contribution >= 4 is 34.3 Å². The summed E-state index contributed by atoms with van der Waals surface area (Å²) in [5, 5.41) is 3.04. The first-order chi connectivity index (χ1) is 15.2. The number of likely N-dealkylation sites (N-methyl/N-ethyl adjacent to an activating group) is 1. The third kappa shape index (κ3) is 11.5. The van der Waals surface area contributed by atoms with E-state index in [0.29, 0.717) is 5.56 Å². The number of nitrogens with zero attached hydrogens (tertiary/aromatic N) is 3. The largest absolute Gasteiger partial charge is 0.354 e. The molecule has 0 aromatic carbocycles. The summed E-state index contributed by atoms with van der Waals surface area (Å²) in [6.07, 6.45) is 17.8. The monoisotopic (exact) mass is 542 g/mol. The molecular weight excluding hydrogens is 499 g/mol. The molecule has 6 heteroatoms. The van der Waals surface area contributed by atoms with E-state index < -0.39 is 0 Å². The van der Waals surface area contributed by atoms with Gasteiger partial charge in [0.2, 0.25) is 0 Å². The topological polar surface area (TPSA) is 48.5 Å². The molecule has 1 amide bonds. The number of piperazine rings is 1. The highest BCUT2D eigenvalue weighted by Gasteiger charge is 2.15. The molecule has 0 bridgehead atoms. The second-order valence-electron chi connectivity index (χ2n) is 8.88. The van der Waals surface area contributed by atoms with E-state index in [0.717, 1.165) is 45.0 Å². The van der Waals surface area contributed by atoms with Crippen LogP contribution in [-0.2, 0) is 0 Å². The lowest BCUT2D eigenvalue weighted by atomic mass is 10.1. The summed E-state index contributed by atoms with van der Waals surface area (Å²) < 4.78 is 1.31. The van der Waals surface area contributed by atoms with Crippen LogP contribution in [0.4, 0.5) is 5.82 Å². The molecular formula is C25H43IN4O. The lowest BCUT2D eigenvalue weighted by Gasteiger charge is -2.33. The number of hydrogen-bond donors (Lipinski definition) is 1. The summed E-state index contributed by atoms with van der Waals surface area (Å²) in [5.41, 5.74) is 0.659. The van der Waals surface area contributed by atoms with Gasteiger partial charge in [-0.05, 0) is 36.4 Å². The predicted molar refractivity (Wildman–Crippen MR) is 141 cm³/mol. The molecule has 2 heterocycles. The standard InChI is InChI=1S/C25H43IN4O/c1-29-18-20-30(21-19-29)24-15-14-23(22-28-24)25(31)27-17-13-11-9-7-5-3-2-4-6-8-10-12-16-26/h14-15,22H,2-13,16-21H2,1H3,(H,27,31). The van der Waals surface area contributed by atoms with Gasteiger partial charge in [-0.15, -0.1) is 0 Å². The van der Waals surface area contributed by atoms with Crippen LogP contribution in [0.3, 0.4) is 0 Å². The molecule has 1 N–H and O–H groups in total. The second-order valence-corrected chi connectivity index (χ2v) is 9.96. The van der Waals surface area contributed by atoms with Gasteiger partial charge in [0.25, 0.3) is 5.91 Å². The van der Waals surface area contributed by atoms with Gasteiger partial charge >= 0.3 is 0 Å². The number of pyridine rings is 1. The average Bonchev–Trinajstić information content (AvgIpc) is 2.80. The highest BCUT2D eigenvalue weighted by atomic mass is 127. The zero-order valence-electron chi connectivity index (χ0n) is 19.6. The quantitative estimate of drug-likeness (QED) is 0.166. The molecule has 1 aliphatic rings. The van der Waals surface area contributed by atoms with Gasteiger partial charge in [-0.25, -0.2) is 4.98 Å². The fourth-order valence-corrected chi connectivity index (χ4v) is 4.57. The lowest BCUT2D eigenvalue weighted by molar-refractivity contribution is 0.0952. The summed E-state index contributed by atoms with van der Waals surface area (Å²) in [5.74, 6) is 0.969. The number of alkyl halides is 1. The third-order valence-corrected chi connectivity index (χ3v) is 6.95. The Morgan fingerprint density at radius 1 is 0.871 bits per heavy atom. The molecule has 176 valence electrons. The molecule has 5 nitrogen and oxygen atoms in total. The Hall–Kier alpha value is -0.890. The Kier molecular flexibility index (Phi) is 14.2. The fourth-order valence-electron chi connectivity index (χ4n) is 4.03. The van der Waals surface area contributed by atoms with Gasteiger partial charge in [0, 0.05) is 38.9 Å². The first-order valence-electron chi connectivity index (χ1n) is 12.4. The normalized spacial score (nSPS) is 14.7. The zero-order chi connectivity index (χ0) is 22.2. The SMILES string of the molecule is CN1CCN(c2ccc(C(=O)NCCCCCCCCCCCCCCI)cn2)CC1. The van der Waals surface area contributed by atoms with Crippen LogP contribution < -0.4 is 10.2 Å². The first kappa shape index (κ1) is 26.4. The molecule has 1 saturated heterocycles. The van der Waals surface area contributed by atoms with Crippen molar-refractivity contribution in [3.8, 4) is 0 Å². The molecule has 0 spiro atoms. The number of rotatable bonds is 16. The molecule has 0 saturated carbocycles. The highest BCUT2D eigenvalue weighted by Crippen LogP contribution is 2.14. The highest BCUT2D eigenvalue weighted by molar-refractivity contribution is 14.1. The minimum Gasteiger partial charge on any atom is -0.354 e. The van der Waals surface area contributed by atoms with Crippen LogP contribution in [0.2, 0.25) is 0 Å². The molecule has 0 atom stereocenters. The van der Waals surface area contributed by atoms with Gasteiger partial charge < -0.3 is 15.1 Å². The number of carbonyl (C=O) groups excluding carboxylic acids is 1. The van der Waals surface area contributed by atoms with E-state index in [2.05, 4.69) is 49.7 Å². The van der Waals surface area contributed by atoms with E-state index in [-0.39, 0.29) is 5.91 Å². The molecule has 0 unspecified atom stereocenters. The van der Waals surface area contributed by atoms with Crippen LogP contribution in [0, 0.1) is 0 Å². The van der Waals surface area contributed by atoms with E-state index in [1.54, 1.807) is 6.20 Å². The predicted octanol–water partition coefficient (Wildman–Crippen LogP) is 5.68. The van der Waals surface area contributed by atoms with E-state index in [9.17, 15) is 4.79 Å². The Labute approximate surface area is 203 Å². The maximum absolute atomic E-state index is 12.3. The van der Waals surface area contributed by atoms with Crippen LogP contribution in [0.15, 0.2) is 18.3 Å². The number of halogens is 1. The van der Waals surface area contributed by atoms with Crippen molar-refractivity contribution in [1.82, 2.24) is 15.2 Å². The Morgan fingerprint density at radius 3 is 1.94 bits per heavy atom. The summed E-state index contributed by atoms with van der Waals surface area (Å²) in [6, 6.07) is 3.88. The summed E-state index contributed by atoms with van der Waals surface area (Å²) in [7, 11) is 2.15. The van der Waals surface area contributed by atoms with Gasteiger partial charge in [0.15, 0.2) is 0 Å². The number of amides is 1. The van der Waals surface area contributed by atoms with Crippen LogP contribution in [0.5, 0.6) is 0 Å². The minimum atomic E-state index is -0.00378. The Balaban J connectivity index is 1.44. The van der Waals surface area contributed by atoms with E-state index in [1.165, 1.54) is 75.1 Å². The second kappa shape index (κ2) is 16.7. The number of carbonyl (C=O) groups is 1. The summed E-state index contributed by atoms with van der Waals surface area (Å²) >= 11 is 2.47. The summed E-state index contributed by atoms with van der Waals surface area (Å²) in [6.45, 7) is 4.86. The van der Waals surface area contributed by atoms with Crippen molar-refractivity contribution in [1.29, 1.82) is 0 Å². The van der Waals surface area contributed by atoms with Gasteiger partial charge in [-0.2, -0.15) is 0 Å². The Morgan fingerprint density at radius 2 is 1.42 bits per heavy atom. The molecule has 0 radical (unpaired) electrons. The number of unbranched alkanes of at least 4 members (excludes halogenated alkanes) is 11. The van der Waals surface area contributed by atoms with Crippen LogP contribution in [-0.4, -0.2) is 60.0 Å². The van der Waals surface area contributed by atoms with Crippen molar-refractivity contribution in [3.05, 3.63) is 23.9 Å². The molecule has 1 fully saturated rings. The van der Waals surface area contributed by atoms with Crippen molar-refractivity contribution < 1.29 is 4.79 Å². The van der Waals surface area contributed by atoms with Crippen molar-refractivity contribution in [2.45, 2.75) is 77.0 Å². The van der Waals surface area contributed by atoms with E-state index in [4.69, 9.17) is 0 Å². The Bertz CT molecular complexity index is 588. The molecule has 2 rings (SSSR count). The van der Waals surface area contributed by atoms with Crippen molar-refractivity contribution in [3.63, 3.8) is 0 Å². The lowest BCUT2D eigenvalue weighted by Crippen LogP contribution is -2.44. The molecule has 0 aliphatic carbocycles. The fraction of sp³-hybridized carbons (Fsp3) is 0.760. The van der Waals surface area contributed by atoms with Crippen LogP contribution in [0.1, 0.15) is 87.4 Å². The number of hydrogen-bond acceptors (Lipinski definition) is 4. The van der Waals surface area contributed by atoms with Gasteiger partial charge in [0.05, 0.1) is 5.56 Å². The average molecular weight is 543 g/mol. The van der Waals surface area contributed by atoms with Crippen molar-refractivity contribution in [2.75, 3.05) is 49.1 Å². The molecule has 1 aliphatic heterocycles. The van der Waals surface area contributed by atoms with Gasteiger partial charge in [-0.3, -0.25) is 4.79 Å². The summed E-state index contributed by atoms with van der Waals surface area (Å²) in [4.78, 5) is 21.4. The number of nitrogens with one attached hydrogen (secondary N) is 1. The smallest absolute Gasteiger partial charge is 0.252 e. The van der Waals surface area contributed by atoms with Gasteiger partial charge in [0.1, 0.15) is 5.82 Å². The number of aromatic nitrogens is 1. The van der Waals surface area contributed by atoms with Gasteiger partial charge in [-0.1, -0.05) is 86.8 Å². The van der Waals surface area contributed by atoms with Crippen LogP contribution in [0.25, 0.3) is 0 Å². The maximum Gasteiger partial charge on any atom is 0.252 e. The van der Waals surface area contributed by atoms with Crippen molar-refractivity contribution in [2.24, 2.45) is 0 Å². The van der Waals surface area contributed by atoms with E-state index >= 15 is 0 Å².